The van der Waals surface area contributed by atoms with Crippen LogP contribution >= 0.6 is 0 Å². The zero-order valence-corrected chi connectivity index (χ0v) is 10.3. The Morgan fingerprint density at radius 2 is 2.07 bits per heavy atom. The van der Waals surface area contributed by atoms with E-state index >= 15 is 0 Å². The van der Waals surface area contributed by atoms with E-state index in [0.717, 1.165) is 12.3 Å². The summed E-state index contributed by atoms with van der Waals surface area (Å²) in [4.78, 5) is 11.0. The smallest absolute Gasteiger partial charge is 0.302 e. The van der Waals surface area contributed by atoms with Gasteiger partial charge in [-0.05, 0) is 31.1 Å². The van der Waals surface area contributed by atoms with Crippen LogP contribution in [0, 0.1) is 11.8 Å². The van der Waals surface area contributed by atoms with Crippen LogP contribution in [-0.2, 0) is 9.53 Å². The molecule has 2 heteroatoms. The van der Waals surface area contributed by atoms with Gasteiger partial charge < -0.3 is 4.74 Å². The van der Waals surface area contributed by atoms with E-state index in [4.69, 9.17) is 4.74 Å². The molecule has 3 atom stereocenters. The lowest BCUT2D eigenvalue weighted by Gasteiger charge is -2.22. The Labute approximate surface area is 93.4 Å². The zero-order chi connectivity index (χ0) is 11.3. The standard InChI is InChI=1S/C13H24O2/c1-4-5-6-7-12-10(2)8-9-13(12)15-11(3)14/h10,12-13H,4-9H2,1-3H3/t10-,12+,13+/m0/s1. The van der Waals surface area contributed by atoms with E-state index in [2.05, 4.69) is 13.8 Å². The van der Waals surface area contributed by atoms with Crippen LogP contribution in [0.3, 0.4) is 0 Å². The number of unbranched alkanes of at least 4 members (excludes halogenated alkanes) is 2. The lowest BCUT2D eigenvalue weighted by molar-refractivity contribution is -0.148. The van der Waals surface area contributed by atoms with Crippen LogP contribution in [0.1, 0.15) is 59.3 Å². The molecule has 0 aromatic carbocycles. The molecule has 0 aromatic heterocycles. The van der Waals surface area contributed by atoms with E-state index in [1.807, 2.05) is 0 Å². The van der Waals surface area contributed by atoms with Crippen LogP contribution in [0.25, 0.3) is 0 Å². The van der Waals surface area contributed by atoms with Crippen LogP contribution < -0.4 is 0 Å². The van der Waals surface area contributed by atoms with Crippen molar-refractivity contribution in [3.05, 3.63) is 0 Å². The van der Waals surface area contributed by atoms with Gasteiger partial charge in [-0.25, -0.2) is 0 Å². The lowest BCUT2D eigenvalue weighted by atomic mass is 9.91. The summed E-state index contributed by atoms with van der Waals surface area (Å²) in [5, 5.41) is 0. The van der Waals surface area contributed by atoms with Crippen molar-refractivity contribution in [2.24, 2.45) is 11.8 Å². The van der Waals surface area contributed by atoms with Crippen LogP contribution in [0.2, 0.25) is 0 Å². The Kier molecular flexibility index (Phi) is 5.13. The molecule has 1 saturated carbocycles. The number of carbonyl (C=O) groups is 1. The third-order valence-electron chi connectivity index (χ3n) is 3.57. The normalized spacial score (nSPS) is 30.5. The van der Waals surface area contributed by atoms with Gasteiger partial charge in [-0.1, -0.05) is 33.1 Å². The van der Waals surface area contributed by atoms with Gasteiger partial charge in [0.15, 0.2) is 0 Å². The summed E-state index contributed by atoms with van der Waals surface area (Å²) >= 11 is 0. The Morgan fingerprint density at radius 3 is 2.67 bits per heavy atom. The van der Waals surface area contributed by atoms with Gasteiger partial charge in [0.25, 0.3) is 0 Å². The van der Waals surface area contributed by atoms with Crippen molar-refractivity contribution in [3.63, 3.8) is 0 Å². The summed E-state index contributed by atoms with van der Waals surface area (Å²) in [6.45, 7) is 6.04. The number of carbonyl (C=O) groups excluding carboxylic acids is 1. The van der Waals surface area contributed by atoms with Gasteiger partial charge in [0.05, 0.1) is 0 Å². The van der Waals surface area contributed by atoms with Crippen molar-refractivity contribution < 1.29 is 9.53 Å². The van der Waals surface area contributed by atoms with Crippen LogP contribution in [0.4, 0.5) is 0 Å². The zero-order valence-electron chi connectivity index (χ0n) is 10.3. The summed E-state index contributed by atoms with van der Waals surface area (Å²) < 4.78 is 5.39. The lowest BCUT2D eigenvalue weighted by Crippen LogP contribution is -2.23. The highest BCUT2D eigenvalue weighted by Gasteiger charge is 2.34. The molecule has 0 N–H and O–H groups in total. The Balaban J connectivity index is 2.38. The molecular formula is C13H24O2. The molecule has 1 aliphatic carbocycles. The van der Waals surface area contributed by atoms with E-state index < -0.39 is 0 Å². The van der Waals surface area contributed by atoms with Crippen molar-refractivity contribution in [2.75, 3.05) is 0 Å². The van der Waals surface area contributed by atoms with Gasteiger partial charge in [-0.2, -0.15) is 0 Å². The van der Waals surface area contributed by atoms with E-state index in [0.29, 0.717) is 5.92 Å². The van der Waals surface area contributed by atoms with Crippen molar-refractivity contribution in [3.8, 4) is 0 Å². The number of ether oxygens (including phenoxy) is 1. The molecule has 0 bridgehead atoms. The molecule has 1 rings (SSSR count). The molecule has 1 fully saturated rings. The minimum atomic E-state index is -0.116. The number of rotatable bonds is 5. The Hall–Kier alpha value is -0.530. The minimum absolute atomic E-state index is 0.116. The van der Waals surface area contributed by atoms with Gasteiger partial charge in [0, 0.05) is 6.92 Å². The Morgan fingerprint density at radius 1 is 1.33 bits per heavy atom. The molecule has 0 radical (unpaired) electrons. The fraction of sp³-hybridized carbons (Fsp3) is 0.923. The predicted molar refractivity (Wildman–Crippen MR) is 61.6 cm³/mol. The van der Waals surface area contributed by atoms with E-state index in [1.54, 1.807) is 0 Å². The molecule has 15 heavy (non-hydrogen) atoms. The molecule has 1 aliphatic rings. The van der Waals surface area contributed by atoms with Crippen LogP contribution in [-0.4, -0.2) is 12.1 Å². The second kappa shape index (κ2) is 6.14. The molecule has 0 heterocycles. The highest BCUT2D eigenvalue weighted by atomic mass is 16.5. The number of hydrogen-bond acceptors (Lipinski definition) is 2. The summed E-state index contributed by atoms with van der Waals surface area (Å²) in [6, 6.07) is 0. The average molecular weight is 212 g/mol. The van der Waals surface area contributed by atoms with E-state index in [1.165, 1.54) is 39.0 Å². The molecule has 0 spiro atoms. The van der Waals surface area contributed by atoms with Gasteiger partial charge in [-0.15, -0.1) is 0 Å². The minimum Gasteiger partial charge on any atom is -0.462 e. The molecule has 2 nitrogen and oxygen atoms in total. The van der Waals surface area contributed by atoms with Crippen molar-refractivity contribution in [1.82, 2.24) is 0 Å². The maximum absolute atomic E-state index is 11.0. The van der Waals surface area contributed by atoms with Gasteiger partial charge in [0.1, 0.15) is 6.10 Å². The SMILES string of the molecule is CCCCC[C@@H]1[C@@H](C)CC[C@H]1OC(C)=O. The summed E-state index contributed by atoms with van der Waals surface area (Å²) in [5.41, 5.74) is 0. The molecule has 0 aromatic rings. The molecular weight excluding hydrogens is 188 g/mol. The molecule has 0 saturated heterocycles. The van der Waals surface area contributed by atoms with Crippen molar-refractivity contribution in [2.45, 2.75) is 65.4 Å². The monoisotopic (exact) mass is 212 g/mol. The fourth-order valence-corrected chi connectivity index (χ4v) is 2.68. The highest BCUT2D eigenvalue weighted by Crippen LogP contribution is 2.37. The largest absolute Gasteiger partial charge is 0.462 e. The second-order valence-corrected chi connectivity index (χ2v) is 4.86. The van der Waals surface area contributed by atoms with Gasteiger partial charge in [0.2, 0.25) is 0 Å². The topological polar surface area (TPSA) is 26.3 Å². The maximum Gasteiger partial charge on any atom is 0.302 e. The maximum atomic E-state index is 11.0. The second-order valence-electron chi connectivity index (χ2n) is 4.86. The quantitative estimate of drug-likeness (QED) is 0.514. The molecule has 0 amide bonds. The number of esters is 1. The third-order valence-corrected chi connectivity index (χ3v) is 3.57. The first-order valence-corrected chi connectivity index (χ1v) is 6.32. The highest BCUT2D eigenvalue weighted by molar-refractivity contribution is 5.66. The third kappa shape index (κ3) is 3.84. The first kappa shape index (κ1) is 12.5. The summed E-state index contributed by atoms with van der Waals surface area (Å²) in [6.07, 6.45) is 7.56. The fourth-order valence-electron chi connectivity index (χ4n) is 2.68. The summed E-state index contributed by atoms with van der Waals surface area (Å²) in [7, 11) is 0. The van der Waals surface area contributed by atoms with E-state index in [-0.39, 0.29) is 12.1 Å². The van der Waals surface area contributed by atoms with E-state index in [9.17, 15) is 4.79 Å². The van der Waals surface area contributed by atoms with Gasteiger partial charge >= 0.3 is 5.97 Å². The number of hydrogen-bond donors (Lipinski definition) is 0. The van der Waals surface area contributed by atoms with Crippen molar-refractivity contribution >= 4 is 5.97 Å². The van der Waals surface area contributed by atoms with Crippen LogP contribution in [0.5, 0.6) is 0 Å². The summed E-state index contributed by atoms with van der Waals surface area (Å²) in [5.74, 6) is 1.22. The van der Waals surface area contributed by atoms with Crippen LogP contribution in [0.15, 0.2) is 0 Å². The van der Waals surface area contributed by atoms with Crippen molar-refractivity contribution in [1.29, 1.82) is 0 Å². The predicted octanol–water partition coefficient (Wildman–Crippen LogP) is 3.54. The Bertz CT molecular complexity index is 201. The molecule has 0 unspecified atom stereocenters. The van der Waals surface area contributed by atoms with Gasteiger partial charge in [-0.3, -0.25) is 4.79 Å². The molecule has 88 valence electrons. The first-order chi connectivity index (χ1) is 7.15. The molecule has 0 aliphatic heterocycles. The average Bonchev–Trinajstić information content (AvgIpc) is 2.49. The first-order valence-electron chi connectivity index (χ1n) is 6.32.